The van der Waals surface area contributed by atoms with Crippen LogP contribution < -0.4 is 5.32 Å². The van der Waals surface area contributed by atoms with Gasteiger partial charge in [-0.25, -0.2) is 8.42 Å². The highest BCUT2D eigenvalue weighted by Crippen LogP contribution is 2.13. The van der Waals surface area contributed by atoms with Crippen LogP contribution in [0.1, 0.15) is 25.4 Å². The molecule has 0 bridgehead atoms. The number of aliphatic imine (C=N–C) groups is 1. The second-order valence-electron chi connectivity index (χ2n) is 6.66. The van der Waals surface area contributed by atoms with Gasteiger partial charge >= 0.3 is 0 Å². The van der Waals surface area contributed by atoms with Crippen LogP contribution in [0.2, 0.25) is 0 Å². The highest BCUT2D eigenvalue weighted by Gasteiger charge is 2.28. The van der Waals surface area contributed by atoms with E-state index in [1.54, 1.807) is 12.4 Å². The maximum Gasteiger partial charge on any atom is 0.220 e. The minimum absolute atomic E-state index is 0. The van der Waals surface area contributed by atoms with Crippen molar-refractivity contribution in [3.05, 3.63) is 30.2 Å². The first-order valence-corrected chi connectivity index (χ1v) is 11.4. The average Bonchev–Trinajstić information content (AvgIpc) is 3.39. The summed E-state index contributed by atoms with van der Waals surface area (Å²) in [6.45, 7) is 8.10. The van der Waals surface area contributed by atoms with Crippen LogP contribution in [0.25, 0.3) is 0 Å². The van der Waals surface area contributed by atoms with Crippen molar-refractivity contribution < 1.29 is 12.9 Å². The number of aryl methyl sites for hydroxylation is 1. The summed E-state index contributed by atoms with van der Waals surface area (Å²) >= 11 is 0. The normalized spacial score (nSPS) is 15.8. The van der Waals surface area contributed by atoms with Crippen LogP contribution in [0.5, 0.6) is 0 Å². The molecule has 3 heterocycles. The van der Waals surface area contributed by atoms with Gasteiger partial charge in [0.25, 0.3) is 0 Å². The van der Waals surface area contributed by atoms with Crippen molar-refractivity contribution >= 4 is 40.0 Å². The molecule has 1 saturated heterocycles. The van der Waals surface area contributed by atoms with Gasteiger partial charge < -0.3 is 19.3 Å². The van der Waals surface area contributed by atoms with E-state index in [0.717, 1.165) is 24.7 Å². The predicted octanol–water partition coefficient (Wildman–Crippen LogP) is 0.560. The zero-order valence-corrected chi connectivity index (χ0v) is 20.4. The van der Waals surface area contributed by atoms with Crippen LogP contribution >= 0.6 is 24.0 Å². The molecule has 0 unspecified atom stereocenters. The standard InChI is InChI=1S/C17H28N8O3S.HI/c1-3-16-21-20-14-24(16)7-6-19-17(18-4-2)23-8-10-25(11-9-23)29(26,27)13-15-5-12-28-22-15;/h5,12,14H,3-4,6-11,13H2,1-2H3,(H,18,19);1H. The van der Waals surface area contributed by atoms with E-state index in [1.165, 1.54) is 10.6 Å². The van der Waals surface area contributed by atoms with Gasteiger partial charge in [-0.3, -0.25) is 4.99 Å². The average molecular weight is 552 g/mol. The van der Waals surface area contributed by atoms with Gasteiger partial charge in [0.1, 0.15) is 24.2 Å². The van der Waals surface area contributed by atoms with E-state index >= 15 is 0 Å². The largest absolute Gasteiger partial charge is 0.364 e. The molecule has 30 heavy (non-hydrogen) atoms. The molecule has 1 N–H and O–H groups in total. The van der Waals surface area contributed by atoms with Crippen LogP contribution in [-0.2, 0) is 28.7 Å². The summed E-state index contributed by atoms with van der Waals surface area (Å²) in [5.74, 6) is 1.60. The first kappa shape index (κ1) is 24.5. The third kappa shape index (κ3) is 6.38. The fourth-order valence-corrected chi connectivity index (χ4v) is 4.62. The summed E-state index contributed by atoms with van der Waals surface area (Å²) in [4.78, 5) is 6.80. The molecule has 1 aliphatic heterocycles. The summed E-state index contributed by atoms with van der Waals surface area (Å²) in [7, 11) is -3.42. The maximum absolute atomic E-state index is 12.6. The van der Waals surface area contributed by atoms with Gasteiger partial charge in [-0.05, 0) is 6.92 Å². The Morgan fingerprint density at radius 1 is 1.27 bits per heavy atom. The lowest BCUT2D eigenvalue weighted by Crippen LogP contribution is -2.54. The van der Waals surface area contributed by atoms with E-state index in [4.69, 9.17) is 9.52 Å². The van der Waals surface area contributed by atoms with Crippen molar-refractivity contribution in [2.45, 2.75) is 32.6 Å². The Bertz CT molecular complexity index is 892. The molecule has 2 aromatic heterocycles. The number of piperazine rings is 1. The second-order valence-corrected chi connectivity index (χ2v) is 8.63. The molecule has 1 aliphatic rings. The van der Waals surface area contributed by atoms with Crippen molar-refractivity contribution in [1.29, 1.82) is 0 Å². The van der Waals surface area contributed by atoms with Gasteiger partial charge in [0.2, 0.25) is 10.0 Å². The van der Waals surface area contributed by atoms with Crippen LogP contribution in [0.3, 0.4) is 0 Å². The van der Waals surface area contributed by atoms with Crippen molar-refractivity contribution in [3.63, 3.8) is 0 Å². The Balaban J connectivity index is 0.00000320. The van der Waals surface area contributed by atoms with Gasteiger partial charge in [0.05, 0.1) is 12.2 Å². The number of halogens is 1. The van der Waals surface area contributed by atoms with Gasteiger partial charge in [0, 0.05) is 51.8 Å². The van der Waals surface area contributed by atoms with Gasteiger partial charge in [-0.2, -0.15) is 4.31 Å². The minimum Gasteiger partial charge on any atom is -0.364 e. The lowest BCUT2D eigenvalue weighted by molar-refractivity contribution is 0.259. The Morgan fingerprint density at radius 3 is 2.67 bits per heavy atom. The molecule has 13 heteroatoms. The molecular formula is C17H29IN8O3S. The predicted molar refractivity (Wildman–Crippen MR) is 123 cm³/mol. The number of guanidine groups is 1. The van der Waals surface area contributed by atoms with Crippen LogP contribution in [0.15, 0.2) is 28.2 Å². The summed E-state index contributed by atoms with van der Waals surface area (Å²) in [6.07, 6.45) is 3.93. The zero-order chi connectivity index (χ0) is 20.7. The molecule has 0 spiro atoms. The van der Waals surface area contributed by atoms with Crippen molar-refractivity contribution in [3.8, 4) is 0 Å². The molecule has 0 atom stereocenters. The van der Waals surface area contributed by atoms with Gasteiger partial charge in [-0.1, -0.05) is 12.1 Å². The SMILES string of the molecule is CCNC(=NCCn1cnnc1CC)N1CCN(S(=O)(=O)Cc2ccon2)CC1.I. The van der Waals surface area contributed by atoms with E-state index in [-0.39, 0.29) is 29.7 Å². The summed E-state index contributed by atoms with van der Waals surface area (Å²) in [6, 6.07) is 1.57. The number of nitrogens with zero attached hydrogens (tertiary/aromatic N) is 7. The third-order valence-corrected chi connectivity index (χ3v) is 6.51. The molecule has 0 saturated carbocycles. The number of hydrogen-bond acceptors (Lipinski definition) is 7. The quantitative estimate of drug-likeness (QED) is 0.287. The summed E-state index contributed by atoms with van der Waals surface area (Å²) < 4.78 is 33.4. The Kier molecular flexibility index (Phi) is 9.48. The van der Waals surface area contributed by atoms with Crippen LogP contribution in [-0.4, -0.2) is 82.8 Å². The third-order valence-electron chi connectivity index (χ3n) is 4.70. The van der Waals surface area contributed by atoms with E-state index in [0.29, 0.717) is 45.0 Å². The smallest absolute Gasteiger partial charge is 0.220 e. The van der Waals surface area contributed by atoms with E-state index in [9.17, 15) is 8.42 Å². The van der Waals surface area contributed by atoms with Crippen LogP contribution in [0, 0.1) is 0 Å². The first-order chi connectivity index (χ1) is 14.0. The summed E-state index contributed by atoms with van der Waals surface area (Å²) in [5.41, 5.74) is 0.419. The minimum atomic E-state index is -3.42. The molecule has 1 fully saturated rings. The molecule has 11 nitrogen and oxygen atoms in total. The molecule has 0 amide bonds. The molecule has 3 rings (SSSR count). The molecule has 168 valence electrons. The second kappa shape index (κ2) is 11.6. The highest BCUT2D eigenvalue weighted by atomic mass is 127. The summed E-state index contributed by atoms with van der Waals surface area (Å²) in [5, 5.41) is 15.0. The van der Waals surface area contributed by atoms with Crippen LogP contribution in [0.4, 0.5) is 0 Å². The number of hydrogen-bond donors (Lipinski definition) is 1. The highest BCUT2D eigenvalue weighted by molar-refractivity contribution is 14.0. The fourth-order valence-electron chi connectivity index (χ4n) is 3.20. The number of rotatable bonds is 8. The fraction of sp³-hybridized carbons (Fsp3) is 0.647. The van der Waals surface area contributed by atoms with E-state index < -0.39 is 10.0 Å². The van der Waals surface area contributed by atoms with E-state index in [2.05, 4.69) is 25.6 Å². The molecule has 0 aromatic carbocycles. The van der Waals surface area contributed by atoms with Gasteiger partial charge in [-0.15, -0.1) is 34.2 Å². The molecule has 0 aliphatic carbocycles. The number of nitrogens with one attached hydrogen (secondary N) is 1. The van der Waals surface area contributed by atoms with Crippen molar-refractivity contribution in [2.24, 2.45) is 4.99 Å². The van der Waals surface area contributed by atoms with E-state index in [1.807, 2.05) is 18.4 Å². The lowest BCUT2D eigenvalue weighted by atomic mass is 10.4. The Hall–Kier alpha value is -1.74. The Morgan fingerprint density at radius 2 is 2.03 bits per heavy atom. The maximum atomic E-state index is 12.6. The molecule has 0 radical (unpaired) electrons. The topological polar surface area (TPSA) is 122 Å². The lowest BCUT2D eigenvalue weighted by Gasteiger charge is -2.35. The zero-order valence-electron chi connectivity index (χ0n) is 17.3. The van der Waals surface area contributed by atoms with Gasteiger partial charge in [0.15, 0.2) is 5.96 Å². The van der Waals surface area contributed by atoms with Crippen molar-refractivity contribution in [1.82, 2.24) is 34.4 Å². The first-order valence-electron chi connectivity index (χ1n) is 9.80. The number of aromatic nitrogens is 4. The van der Waals surface area contributed by atoms with Crippen molar-refractivity contribution in [2.75, 3.05) is 39.3 Å². The molecular weight excluding hydrogens is 523 g/mol. The Labute approximate surface area is 194 Å². The molecule has 2 aromatic rings. The number of sulfonamides is 1. The monoisotopic (exact) mass is 552 g/mol.